The number of amides is 2. The third-order valence-corrected chi connectivity index (χ3v) is 3.02. The number of carbonyl (C=O) groups is 2. The molecule has 8 heteroatoms. The Morgan fingerprint density at radius 1 is 1.33 bits per heavy atom. The molecule has 0 atom stereocenters. The molecule has 1 aromatic heterocycles. The number of hydrogen-bond donors (Lipinski definition) is 2. The molecule has 0 spiro atoms. The van der Waals surface area contributed by atoms with Crippen molar-refractivity contribution in [3.63, 3.8) is 0 Å². The lowest BCUT2D eigenvalue weighted by Gasteiger charge is -2.07. The van der Waals surface area contributed by atoms with Crippen LogP contribution in [0, 0.1) is 0 Å². The molecule has 0 bridgehead atoms. The molecular weight excluding hydrogens is 272 g/mol. The summed E-state index contributed by atoms with van der Waals surface area (Å²) in [5.41, 5.74) is 1.10. The molecule has 21 heavy (non-hydrogen) atoms. The van der Waals surface area contributed by atoms with Gasteiger partial charge in [0.25, 0.3) is 5.91 Å². The first kappa shape index (κ1) is 13.2. The van der Waals surface area contributed by atoms with Gasteiger partial charge in [0, 0.05) is 17.3 Å². The Kier molecular flexibility index (Phi) is 3.59. The van der Waals surface area contributed by atoms with Gasteiger partial charge >= 0.3 is 0 Å². The van der Waals surface area contributed by atoms with E-state index in [0.29, 0.717) is 17.3 Å². The summed E-state index contributed by atoms with van der Waals surface area (Å²) in [6.07, 6.45) is 3.43. The second-order valence-corrected chi connectivity index (χ2v) is 4.88. The van der Waals surface area contributed by atoms with Gasteiger partial charge in [-0.2, -0.15) is 0 Å². The Morgan fingerprint density at radius 2 is 2.19 bits per heavy atom. The summed E-state index contributed by atoms with van der Waals surface area (Å²) < 4.78 is 1.32. The Morgan fingerprint density at radius 3 is 2.90 bits per heavy atom. The molecule has 1 saturated carbocycles. The number of nitrogens with one attached hydrogen (secondary N) is 2. The Hall–Kier alpha value is -2.77. The molecular formula is C13H14N6O2. The first-order valence-electron chi connectivity index (χ1n) is 6.62. The summed E-state index contributed by atoms with van der Waals surface area (Å²) in [5.74, 6) is -0.379. The van der Waals surface area contributed by atoms with Gasteiger partial charge in [-0.15, -0.1) is 5.10 Å². The average Bonchev–Trinajstić information content (AvgIpc) is 3.13. The van der Waals surface area contributed by atoms with Crippen LogP contribution < -0.4 is 10.6 Å². The van der Waals surface area contributed by atoms with Crippen molar-refractivity contribution in [1.82, 2.24) is 25.5 Å². The third-order valence-electron chi connectivity index (χ3n) is 3.02. The van der Waals surface area contributed by atoms with Crippen LogP contribution in [-0.2, 0) is 11.3 Å². The first-order chi connectivity index (χ1) is 10.2. The van der Waals surface area contributed by atoms with Crippen LogP contribution in [0.2, 0.25) is 0 Å². The van der Waals surface area contributed by atoms with Gasteiger partial charge in [0.2, 0.25) is 5.91 Å². The van der Waals surface area contributed by atoms with Gasteiger partial charge in [0.15, 0.2) is 0 Å². The molecule has 0 unspecified atom stereocenters. The van der Waals surface area contributed by atoms with Crippen molar-refractivity contribution in [3.05, 3.63) is 36.2 Å². The number of benzene rings is 1. The summed E-state index contributed by atoms with van der Waals surface area (Å²) in [6.45, 7) is 0.0193. The minimum Gasteiger partial charge on any atom is -0.349 e. The zero-order valence-corrected chi connectivity index (χ0v) is 11.2. The van der Waals surface area contributed by atoms with Crippen LogP contribution >= 0.6 is 0 Å². The van der Waals surface area contributed by atoms with Crippen molar-refractivity contribution in [2.45, 2.75) is 25.4 Å². The molecule has 0 saturated heterocycles. The van der Waals surface area contributed by atoms with E-state index in [-0.39, 0.29) is 18.4 Å². The Balaban J connectivity index is 1.62. The summed E-state index contributed by atoms with van der Waals surface area (Å²) in [7, 11) is 0. The maximum Gasteiger partial charge on any atom is 0.251 e. The van der Waals surface area contributed by atoms with Gasteiger partial charge in [0.1, 0.15) is 12.9 Å². The number of aromatic nitrogens is 4. The van der Waals surface area contributed by atoms with Crippen molar-refractivity contribution < 1.29 is 9.59 Å². The molecule has 1 fully saturated rings. The molecule has 3 rings (SSSR count). The normalized spacial score (nSPS) is 13.7. The van der Waals surface area contributed by atoms with Crippen LogP contribution in [0.15, 0.2) is 30.6 Å². The molecule has 8 nitrogen and oxygen atoms in total. The van der Waals surface area contributed by atoms with E-state index in [1.165, 1.54) is 11.0 Å². The maximum atomic E-state index is 11.9. The minimum absolute atomic E-state index is 0.0193. The minimum atomic E-state index is -0.262. The monoisotopic (exact) mass is 286 g/mol. The van der Waals surface area contributed by atoms with Crippen LogP contribution in [0.3, 0.4) is 0 Å². The molecule has 2 amide bonds. The highest BCUT2D eigenvalue weighted by Crippen LogP contribution is 2.20. The molecule has 1 aliphatic carbocycles. The Labute approximate surface area is 120 Å². The topological polar surface area (TPSA) is 102 Å². The molecule has 0 aliphatic heterocycles. The van der Waals surface area contributed by atoms with Gasteiger partial charge < -0.3 is 10.6 Å². The van der Waals surface area contributed by atoms with E-state index in [4.69, 9.17) is 0 Å². The molecule has 108 valence electrons. The van der Waals surface area contributed by atoms with E-state index in [2.05, 4.69) is 26.2 Å². The van der Waals surface area contributed by atoms with Gasteiger partial charge in [-0.1, -0.05) is 6.07 Å². The number of carbonyl (C=O) groups excluding carboxylic acids is 2. The molecule has 1 aromatic carbocycles. The van der Waals surface area contributed by atoms with Gasteiger partial charge in [0.05, 0.1) is 0 Å². The predicted octanol–water partition coefficient (Wildman–Crippen LogP) is 0.204. The quantitative estimate of drug-likeness (QED) is 0.817. The fourth-order valence-electron chi connectivity index (χ4n) is 1.83. The van der Waals surface area contributed by atoms with Crippen molar-refractivity contribution in [2.75, 3.05) is 5.32 Å². The highest BCUT2D eigenvalue weighted by atomic mass is 16.2. The van der Waals surface area contributed by atoms with Crippen molar-refractivity contribution in [1.29, 1.82) is 0 Å². The van der Waals surface area contributed by atoms with Crippen molar-refractivity contribution >= 4 is 17.5 Å². The standard InChI is InChI=1S/C13H14N6O2/c20-12(7-19-8-14-17-18-19)15-11-3-1-2-9(6-11)13(21)16-10-4-5-10/h1-3,6,8,10H,4-5,7H2,(H,15,20)(H,16,21). The molecule has 0 radical (unpaired) electrons. The fraction of sp³-hybridized carbons (Fsp3) is 0.308. The van der Waals surface area contributed by atoms with E-state index < -0.39 is 0 Å². The SMILES string of the molecule is O=C(Cn1cnnn1)Nc1cccc(C(=O)NC2CC2)c1. The van der Waals surface area contributed by atoms with Crippen molar-refractivity contribution in [3.8, 4) is 0 Å². The molecule has 1 heterocycles. The lowest BCUT2D eigenvalue weighted by atomic mass is 10.2. The summed E-state index contributed by atoms with van der Waals surface area (Å²) in [6, 6.07) is 7.12. The van der Waals surface area contributed by atoms with Crippen LogP contribution in [0.25, 0.3) is 0 Å². The van der Waals surface area contributed by atoms with Gasteiger partial charge in [-0.3, -0.25) is 9.59 Å². The van der Waals surface area contributed by atoms with E-state index in [1.807, 2.05) is 0 Å². The van der Waals surface area contributed by atoms with E-state index in [0.717, 1.165) is 12.8 Å². The van der Waals surface area contributed by atoms with Gasteiger partial charge in [-0.05, 0) is 41.5 Å². The third kappa shape index (κ3) is 3.62. The molecule has 1 aliphatic rings. The predicted molar refractivity (Wildman–Crippen MR) is 73.4 cm³/mol. The van der Waals surface area contributed by atoms with E-state index in [1.54, 1.807) is 24.3 Å². The zero-order valence-electron chi connectivity index (χ0n) is 11.2. The lowest BCUT2D eigenvalue weighted by molar-refractivity contribution is -0.116. The molecule has 2 N–H and O–H groups in total. The maximum absolute atomic E-state index is 11.9. The summed E-state index contributed by atoms with van der Waals surface area (Å²) in [5, 5.41) is 16.1. The molecule has 2 aromatic rings. The number of tetrazole rings is 1. The van der Waals surface area contributed by atoms with Crippen LogP contribution in [0.5, 0.6) is 0 Å². The smallest absolute Gasteiger partial charge is 0.251 e. The second-order valence-electron chi connectivity index (χ2n) is 4.88. The first-order valence-corrected chi connectivity index (χ1v) is 6.62. The summed E-state index contributed by atoms with van der Waals surface area (Å²) >= 11 is 0. The average molecular weight is 286 g/mol. The highest BCUT2D eigenvalue weighted by molar-refractivity contribution is 5.97. The zero-order chi connectivity index (χ0) is 14.7. The largest absolute Gasteiger partial charge is 0.349 e. The van der Waals surface area contributed by atoms with Crippen LogP contribution in [0.1, 0.15) is 23.2 Å². The van der Waals surface area contributed by atoms with Crippen molar-refractivity contribution in [2.24, 2.45) is 0 Å². The number of anilines is 1. The van der Waals surface area contributed by atoms with E-state index >= 15 is 0 Å². The number of nitrogens with zero attached hydrogens (tertiary/aromatic N) is 4. The Bertz CT molecular complexity index is 650. The highest BCUT2D eigenvalue weighted by Gasteiger charge is 2.23. The van der Waals surface area contributed by atoms with Crippen LogP contribution in [0.4, 0.5) is 5.69 Å². The van der Waals surface area contributed by atoms with Gasteiger partial charge in [-0.25, -0.2) is 4.68 Å². The number of hydrogen-bond acceptors (Lipinski definition) is 5. The summed E-state index contributed by atoms with van der Waals surface area (Å²) in [4.78, 5) is 23.8. The fourth-order valence-corrected chi connectivity index (χ4v) is 1.83. The van der Waals surface area contributed by atoms with Crippen LogP contribution in [-0.4, -0.2) is 38.1 Å². The second kappa shape index (κ2) is 5.70. The van der Waals surface area contributed by atoms with E-state index in [9.17, 15) is 9.59 Å². The lowest BCUT2D eigenvalue weighted by Crippen LogP contribution is -2.25. The number of rotatable bonds is 5.